The number of unbranched alkanes of at least 4 members (excludes halogenated alkanes) is 9. The third-order valence-corrected chi connectivity index (χ3v) is 14.5. The lowest BCUT2D eigenvalue weighted by Crippen LogP contribution is -2.38. The average Bonchev–Trinajstić information content (AvgIpc) is 0.953. The summed E-state index contributed by atoms with van der Waals surface area (Å²) in [6.45, 7) is 31.2. The van der Waals surface area contributed by atoms with E-state index in [1.54, 1.807) is 9.80 Å². The Kier molecular flexibility index (Phi) is 22.3. The number of allylic oxidation sites excluding steroid dienone is 3. The van der Waals surface area contributed by atoms with Crippen LogP contribution in [0.5, 0.6) is 0 Å². The van der Waals surface area contributed by atoms with Gasteiger partial charge in [0, 0.05) is 60.9 Å². The first-order chi connectivity index (χ1) is 41.4. The molecular weight excluding hydrogens is 1100 g/mol. The maximum atomic E-state index is 14.2. The zero-order chi connectivity index (χ0) is 64.1. The Balaban J connectivity index is 0.980. The van der Waals surface area contributed by atoms with Crippen molar-refractivity contribution in [2.45, 2.75) is 204 Å². The van der Waals surface area contributed by atoms with E-state index in [0.717, 1.165) is 148 Å². The molecule has 0 bridgehead atoms. The van der Waals surface area contributed by atoms with E-state index in [4.69, 9.17) is 28.9 Å². The fraction of sp³-hybridized carbons (Fsp3) is 0.458. The molecule has 470 valence electrons. The third kappa shape index (κ3) is 19.6. The summed E-state index contributed by atoms with van der Waals surface area (Å²) in [6.07, 6.45) is 12.6. The molecule has 16 nitrogen and oxygen atoms in total. The lowest BCUT2D eigenvalue weighted by atomic mass is 10.0. The van der Waals surface area contributed by atoms with Gasteiger partial charge in [-0.3, -0.25) is 25.4 Å². The van der Waals surface area contributed by atoms with Crippen LogP contribution in [0.4, 0.5) is 53.3 Å². The van der Waals surface area contributed by atoms with Gasteiger partial charge in [-0.1, -0.05) is 93.8 Å². The molecule has 1 heterocycles. The van der Waals surface area contributed by atoms with Gasteiger partial charge < -0.3 is 24.3 Å². The van der Waals surface area contributed by atoms with Gasteiger partial charge in [0.15, 0.2) is 0 Å². The molecule has 1 aliphatic carbocycles. The number of alkyl carbamates (subject to hydrolysis) is 1. The van der Waals surface area contributed by atoms with Gasteiger partial charge >= 0.3 is 24.4 Å². The van der Waals surface area contributed by atoms with Crippen LogP contribution in [0.1, 0.15) is 177 Å². The van der Waals surface area contributed by atoms with Crippen molar-refractivity contribution in [3.05, 3.63) is 137 Å². The minimum absolute atomic E-state index is 0.397. The number of para-hydroxylation sites is 2. The van der Waals surface area contributed by atoms with Gasteiger partial charge in [-0.05, 0) is 188 Å². The Morgan fingerprint density at radius 1 is 0.545 bits per heavy atom. The molecule has 16 heteroatoms. The number of aryl methyl sites for hydroxylation is 2. The van der Waals surface area contributed by atoms with Crippen LogP contribution >= 0.6 is 0 Å². The number of benzene rings is 5. The van der Waals surface area contributed by atoms with Gasteiger partial charge in [-0.25, -0.2) is 24.2 Å². The molecule has 0 aliphatic heterocycles. The van der Waals surface area contributed by atoms with Crippen molar-refractivity contribution in [3.63, 3.8) is 0 Å². The number of aliphatic imine (C=N–C) groups is 1. The summed E-state index contributed by atoms with van der Waals surface area (Å²) in [4.78, 5) is 67.8. The van der Waals surface area contributed by atoms with E-state index in [1.807, 2.05) is 220 Å². The molecule has 1 aliphatic rings. The molecule has 0 atom stereocenters. The van der Waals surface area contributed by atoms with Crippen molar-refractivity contribution >= 4 is 86.3 Å². The Bertz CT molecular complexity index is 3550. The van der Waals surface area contributed by atoms with E-state index in [0.29, 0.717) is 30.9 Å². The van der Waals surface area contributed by atoms with Crippen LogP contribution < -0.4 is 30.3 Å². The summed E-state index contributed by atoms with van der Waals surface area (Å²) in [5.74, 6) is 0. The highest BCUT2D eigenvalue weighted by Crippen LogP contribution is 2.39. The summed E-state index contributed by atoms with van der Waals surface area (Å²) < 4.78 is 25.3. The second-order valence-corrected chi connectivity index (χ2v) is 27.0. The molecule has 6 aromatic rings. The van der Waals surface area contributed by atoms with Crippen molar-refractivity contribution in [1.82, 2.24) is 10.3 Å². The molecule has 0 saturated heterocycles. The number of anilines is 5. The number of rotatable bonds is 21. The molecule has 5 aromatic carbocycles. The van der Waals surface area contributed by atoms with Gasteiger partial charge in [0.05, 0.1) is 28.4 Å². The fourth-order valence-electron chi connectivity index (χ4n) is 10.5. The highest BCUT2D eigenvalue weighted by molar-refractivity contribution is 6.02. The number of hydrogen-bond donors (Lipinski definition) is 3. The fourth-order valence-corrected chi connectivity index (χ4v) is 10.5. The van der Waals surface area contributed by atoms with Crippen LogP contribution in [-0.2, 0) is 18.9 Å². The van der Waals surface area contributed by atoms with Crippen molar-refractivity contribution in [2.75, 3.05) is 33.5 Å². The molecule has 3 N–H and O–H groups in total. The van der Waals surface area contributed by atoms with Crippen LogP contribution in [0, 0.1) is 20.8 Å². The highest BCUT2D eigenvalue weighted by atomic mass is 16.6. The Labute approximate surface area is 522 Å². The van der Waals surface area contributed by atoms with E-state index < -0.39 is 46.8 Å². The van der Waals surface area contributed by atoms with Crippen LogP contribution in [-0.4, -0.2) is 70.6 Å². The highest BCUT2D eigenvalue weighted by Gasteiger charge is 2.30. The average molecular weight is 1200 g/mol. The van der Waals surface area contributed by atoms with Gasteiger partial charge in [-0.2, -0.15) is 0 Å². The van der Waals surface area contributed by atoms with E-state index in [2.05, 4.69) is 20.5 Å². The molecule has 0 spiro atoms. The van der Waals surface area contributed by atoms with E-state index in [-0.39, 0.29) is 0 Å². The number of hydrogen-bond acceptors (Lipinski definition) is 11. The summed E-state index contributed by atoms with van der Waals surface area (Å²) in [5, 5.41) is 9.45. The molecular formula is C72H95N8O8+. The Morgan fingerprint density at radius 2 is 1.02 bits per heavy atom. The summed E-state index contributed by atoms with van der Waals surface area (Å²) in [6, 6.07) is 31.9. The van der Waals surface area contributed by atoms with Gasteiger partial charge in [0.2, 0.25) is 16.7 Å². The first kappa shape index (κ1) is 67.2. The van der Waals surface area contributed by atoms with Crippen molar-refractivity contribution in [1.29, 1.82) is 0 Å². The first-order valence-corrected chi connectivity index (χ1v) is 31.2. The molecule has 0 radical (unpaired) electrons. The topological polar surface area (TPSA) is 177 Å². The maximum Gasteiger partial charge on any atom is 0.414 e. The summed E-state index contributed by atoms with van der Waals surface area (Å²) >= 11 is 0. The Hall–Kier alpha value is -8.27. The molecule has 0 unspecified atom stereocenters. The number of nitrogens with one attached hydrogen (secondary N) is 3. The number of amides is 4. The van der Waals surface area contributed by atoms with Crippen LogP contribution in [0.25, 0.3) is 27.8 Å². The van der Waals surface area contributed by atoms with Crippen LogP contribution in [0.2, 0.25) is 0 Å². The lowest BCUT2D eigenvalue weighted by Gasteiger charge is -2.29. The molecule has 88 heavy (non-hydrogen) atoms. The minimum Gasteiger partial charge on any atom is -0.444 e. The first-order valence-electron chi connectivity index (χ1n) is 31.2. The second-order valence-electron chi connectivity index (χ2n) is 27.0. The minimum atomic E-state index is -0.704. The van der Waals surface area contributed by atoms with Crippen molar-refractivity contribution in [2.24, 2.45) is 4.99 Å². The number of carbonyl (C=O) groups excluding carboxylic acids is 4. The van der Waals surface area contributed by atoms with Crippen molar-refractivity contribution in [3.8, 4) is 5.69 Å². The molecule has 4 amide bonds. The van der Waals surface area contributed by atoms with E-state index >= 15 is 0 Å². The smallest absolute Gasteiger partial charge is 0.414 e. The molecule has 1 aromatic heterocycles. The van der Waals surface area contributed by atoms with Gasteiger partial charge in [-0.15, -0.1) is 4.57 Å². The van der Waals surface area contributed by atoms with Crippen molar-refractivity contribution < 1.29 is 42.7 Å². The largest absolute Gasteiger partial charge is 0.444 e. The number of carbonyl (C=O) groups is 4. The number of nitrogens with zero attached hydrogens (tertiary/aromatic N) is 5. The van der Waals surface area contributed by atoms with Crippen LogP contribution in [0.3, 0.4) is 0 Å². The lowest BCUT2D eigenvalue weighted by molar-refractivity contribution is -0.538. The standard InChI is InChI=1S/C72H94N8O8/c1-48-43-53(37-38-55(48)76-65(81)85-69(5,6)7)73-56-39-40-60(51(4)64(56)74-52-33-27-25-28-34-52)78(67(83)87-71(11,12)13)41-31-23-21-19-17-18-20-22-24-32-42-79(68(84)88-72(14,15)16)61-47-63-59(45-50(61)3)75-58-44-49(2)57(77-66(82)86-70(8,9)10)46-62(58)80(63)54-35-29-26-30-36-54/h25-30,33-36,38-40,43-47,74H,17-24,31-32,37,41-42H2,1-16H3,(H,76,81)/p+1. The monoisotopic (exact) mass is 1200 g/mol. The number of aromatic nitrogens is 2. The summed E-state index contributed by atoms with van der Waals surface area (Å²) in [5.41, 5.74) is 10.8. The molecule has 0 fully saturated rings. The Morgan fingerprint density at radius 3 is 1.55 bits per heavy atom. The number of ether oxygens (including phenoxy) is 4. The van der Waals surface area contributed by atoms with Gasteiger partial charge in [0.1, 0.15) is 33.4 Å². The predicted molar refractivity (Wildman–Crippen MR) is 357 cm³/mol. The molecule has 0 saturated carbocycles. The van der Waals surface area contributed by atoms with Gasteiger partial charge in [0.25, 0.3) is 0 Å². The zero-order valence-electron chi connectivity index (χ0n) is 55.1. The molecule has 7 rings (SSSR count). The van der Waals surface area contributed by atoms with Crippen LogP contribution in [0.15, 0.2) is 125 Å². The second kappa shape index (κ2) is 29.2. The number of fused-ring (bicyclic) bond motifs is 2. The normalized spacial score (nSPS) is 13.4. The summed E-state index contributed by atoms with van der Waals surface area (Å²) in [7, 11) is 0. The quantitative estimate of drug-likeness (QED) is 0.0272. The van der Waals surface area contributed by atoms with E-state index in [9.17, 15) is 19.2 Å². The third-order valence-electron chi connectivity index (χ3n) is 14.5. The maximum absolute atomic E-state index is 14.2. The SMILES string of the molecule is CC1=CC(=Nc2ccc(N(CCCCCCCCCCCCN(C(=O)OC(C)(C)C)c3cc4c(cc3C)nc3cc(C)c(NC(=O)OC(C)(C)C)cc3[n+]4-c3ccccc3)C(=O)OC(C)(C)C)c(C)c2Nc2ccccc2)CC=C1NC(=O)OC(C)(C)C. The van der Waals surface area contributed by atoms with E-state index in [1.165, 1.54) is 0 Å². The predicted octanol–water partition coefficient (Wildman–Crippen LogP) is 18.6. The zero-order valence-corrected chi connectivity index (χ0v) is 55.1.